The van der Waals surface area contributed by atoms with Gasteiger partial charge in [0.1, 0.15) is 17.3 Å². The first-order valence-electron chi connectivity index (χ1n) is 12.7. The van der Waals surface area contributed by atoms with E-state index >= 15 is 0 Å². The van der Waals surface area contributed by atoms with Crippen molar-refractivity contribution in [2.75, 3.05) is 13.7 Å². The van der Waals surface area contributed by atoms with Gasteiger partial charge in [-0.3, -0.25) is 5.10 Å². The Morgan fingerprint density at radius 3 is 2.61 bits per heavy atom. The third-order valence-electron chi connectivity index (χ3n) is 6.12. The number of carboxylic acid groups (broad SMARTS) is 1. The van der Waals surface area contributed by atoms with Gasteiger partial charge in [-0.2, -0.15) is 0 Å². The summed E-state index contributed by atoms with van der Waals surface area (Å²) in [5.74, 6) is 0.932. The molecular formula is C31H26ClN3O5S. The Hall–Kier alpha value is -4.47. The maximum Gasteiger partial charge on any atom is 0.342 e. The molecule has 0 fully saturated rings. The van der Waals surface area contributed by atoms with Gasteiger partial charge in [-0.05, 0) is 77.0 Å². The second kappa shape index (κ2) is 12.8. The molecule has 0 saturated carbocycles. The fourth-order valence-corrected chi connectivity index (χ4v) is 5.12. The van der Waals surface area contributed by atoms with Crippen LogP contribution in [-0.2, 0) is 11.4 Å². The van der Waals surface area contributed by atoms with Crippen LogP contribution in [0, 0.1) is 0 Å². The van der Waals surface area contributed by atoms with E-state index in [0.717, 1.165) is 28.1 Å². The fourth-order valence-electron chi connectivity index (χ4n) is 4.24. The molecular weight excluding hydrogens is 562 g/mol. The molecule has 1 heterocycles. The van der Waals surface area contributed by atoms with E-state index < -0.39 is 5.97 Å². The molecule has 8 nitrogen and oxygen atoms in total. The number of benzene rings is 4. The number of hydrogen-bond acceptors (Lipinski definition) is 7. The zero-order valence-electron chi connectivity index (χ0n) is 22.3. The molecule has 0 aliphatic carbocycles. The van der Waals surface area contributed by atoms with Gasteiger partial charge < -0.3 is 19.3 Å². The monoisotopic (exact) mass is 587 g/mol. The molecule has 4 aromatic carbocycles. The zero-order chi connectivity index (χ0) is 28.8. The Balaban J connectivity index is 1.37. The Labute approximate surface area is 245 Å². The smallest absolute Gasteiger partial charge is 0.342 e. The van der Waals surface area contributed by atoms with Crippen molar-refractivity contribution in [3.05, 3.63) is 99.9 Å². The number of nitrogens with one attached hydrogen (secondary N) is 1. The van der Waals surface area contributed by atoms with Crippen LogP contribution in [0.4, 0.5) is 0 Å². The Kier molecular flexibility index (Phi) is 8.76. The van der Waals surface area contributed by atoms with Gasteiger partial charge in [0, 0.05) is 5.02 Å². The zero-order valence-corrected chi connectivity index (χ0v) is 23.8. The highest BCUT2D eigenvalue weighted by Gasteiger charge is 2.17. The molecule has 5 aromatic rings. The summed E-state index contributed by atoms with van der Waals surface area (Å²) in [6.07, 6.45) is 1.54. The molecule has 208 valence electrons. The van der Waals surface area contributed by atoms with E-state index in [4.69, 9.17) is 25.8 Å². The molecule has 10 heteroatoms. The largest absolute Gasteiger partial charge is 0.496 e. The van der Waals surface area contributed by atoms with Crippen molar-refractivity contribution in [1.29, 1.82) is 0 Å². The van der Waals surface area contributed by atoms with E-state index in [9.17, 15) is 9.90 Å². The van der Waals surface area contributed by atoms with Crippen LogP contribution in [0.3, 0.4) is 0 Å². The normalized spacial score (nSPS) is 11.4. The van der Waals surface area contributed by atoms with Crippen LogP contribution in [0.1, 0.15) is 18.1 Å². The molecule has 5 rings (SSSR count). The first kappa shape index (κ1) is 28.1. The fraction of sp³-hybridized carbons (Fsp3) is 0.129. The van der Waals surface area contributed by atoms with Crippen LogP contribution in [0.15, 0.2) is 88.9 Å². The number of aliphatic carboxylic acids is 1. The van der Waals surface area contributed by atoms with E-state index in [1.54, 1.807) is 49.6 Å². The Bertz CT molecular complexity index is 1730. The number of carbonyl (C=O) groups is 1. The van der Waals surface area contributed by atoms with Crippen LogP contribution in [0.25, 0.3) is 28.2 Å². The molecule has 0 atom stereocenters. The van der Waals surface area contributed by atoms with Crippen LogP contribution in [-0.4, -0.2) is 40.0 Å². The second-order valence-electron chi connectivity index (χ2n) is 8.79. The summed E-state index contributed by atoms with van der Waals surface area (Å²) in [7, 11) is 1.54. The molecule has 0 spiro atoms. The SMILES string of the molecule is CCOc1cc(/C=C(\Sc2n[nH]c(-c3cc(Cl)ccc3OC)n2)C(=O)O)ccc1OCc1cccc2ccccc12. The third kappa shape index (κ3) is 6.65. The molecule has 41 heavy (non-hydrogen) atoms. The van der Waals surface area contributed by atoms with E-state index in [0.29, 0.717) is 52.4 Å². The number of carboxylic acids is 1. The summed E-state index contributed by atoms with van der Waals surface area (Å²) in [4.78, 5) is 16.6. The van der Waals surface area contributed by atoms with Crippen LogP contribution in [0.2, 0.25) is 5.02 Å². The van der Waals surface area contributed by atoms with E-state index in [2.05, 4.69) is 33.4 Å². The molecule has 0 aliphatic heterocycles. The van der Waals surface area contributed by atoms with Gasteiger partial charge in [0.15, 0.2) is 17.3 Å². The van der Waals surface area contributed by atoms with Crippen LogP contribution >= 0.6 is 23.4 Å². The van der Waals surface area contributed by atoms with Gasteiger partial charge in [-0.25, -0.2) is 9.78 Å². The van der Waals surface area contributed by atoms with Gasteiger partial charge in [0.25, 0.3) is 0 Å². The van der Waals surface area contributed by atoms with E-state index in [1.165, 1.54) is 0 Å². The number of aromatic nitrogens is 3. The summed E-state index contributed by atoms with van der Waals surface area (Å²) < 4.78 is 17.4. The topological polar surface area (TPSA) is 107 Å². The number of fused-ring (bicyclic) bond motifs is 1. The van der Waals surface area contributed by atoms with Gasteiger partial charge >= 0.3 is 5.97 Å². The lowest BCUT2D eigenvalue weighted by atomic mass is 10.1. The van der Waals surface area contributed by atoms with Crippen LogP contribution in [0.5, 0.6) is 17.2 Å². The molecule has 0 aliphatic rings. The van der Waals surface area contributed by atoms with Crippen LogP contribution < -0.4 is 14.2 Å². The number of H-pyrrole nitrogens is 1. The van der Waals surface area contributed by atoms with Gasteiger partial charge in [0.05, 0.1) is 19.3 Å². The minimum atomic E-state index is -1.11. The number of rotatable bonds is 11. The van der Waals surface area contributed by atoms with Gasteiger partial charge in [-0.1, -0.05) is 60.1 Å². The average Bonchev–Trinajstić information content (AvgIpc) is 3.45. The molecule has 0 radical (unpaired) electrons. The van der Waals surface area contributed by atoms with Crippen molar-refractivity contribution in [2.24, 2.45) is 0 Å². The number of nitrogens with zero attached hydrogens (tertiary/aromatic N) is 2. The lowest BCUT2D eigenvalue weighted by Gasteiger charge is -2.14. The molecule has 2 N–H and O–H groups in total. The first-order valence-corrected chi connectivity index (χ1v) is 13.9. The number of halogens is 1. The minimum absolute atomic E-state index is 0.0282. The van der Waals surface area contributed by atoms with E-state index in [-0.39, 0.29) is 10.1 Å². The quantitative estimate of drug-likeness (QED) is 0.121. The predicted molar refractivity (Wildman–Crippen MR) is 161 cm³/mol. The van der Waals surface area contributed by atoms with Crippen molar-refractivity contribution < 1.29 is 24.1 Å². The summed E-state index contributed by atoms with van der Waals surface area (Å²) in [6, 6.07) is 24.7. The lowest BCUT2D eigenvalue weighted by molar-refractivity contribution is -0.131. The maximum atomic E-state index is 12.1. The highest BCUT2D eigenvalue weighted by Crippen LogP contribution is 2.35. The molecule has 0 bridgehead atoms. The summed E-state index contributed by atoms with van der Waals surface area (Å²) in [6.45, 7) is 2.66. The number of hydrogen-bond donors (Lipinski definition) is 2. The molecule has 0 unspecified atom stereocenters. The molecule has 0 amide bonds. The number of thioether (sulfide) groups is 1. The summed E-state index contributed by atoms with van der Waals surface area (Å²) in [5, 5.41) is 19.9. The molecule has 1 aromatic heterocycles. The van der Waals surface area contributed by atoms with E-state index in [1.807, 2.05) is 31.2 Å². The van der Waals surface area contributed by atoms with Crippen molar-refractivity contribution in [3.63, 3.8) is 0 Å². The third-order valence-corrected chi connectivity index (χ3v) is 7.23. The van der Waals surface area contributed by atoms with Gasteiger partial charge in [-0.15, -0.1) is 5.10 Å². The number of ether oxygens (including phenoxy) is 3. The highest BCUT2D eigenvalue weighted by atomic mass is 35.5. The second-order valence-corrected chi connectivity index (χ2v) is 10.2. The van der Waals surface area contributed by atoms with Crippen molar-refractivity contribution >= 4 is 46.2 Å². The van der Waals surface area contributed by atoms with Crippen molar-refractivity contribution in [3.8, 4) is 28.6 Å². The molecule has 0 saturated heterocycles. The lowest BCUT2D eigenvalue weighted by Crippen LogP contribution is -2.01. The highest BCUT2D eigenvalue weighted by molar-refractivity contribution is 8.04. The Morgan fingerprint density at radius 2 is 1.80 bits per heavy atom. The minimum Gasteiger partial charge on any atom is -0.496 e. The number of methoxy groups -OCH3 is 1. The summed E-state index contributed by atoms with van der Waals surface area (Å²) in [5.41, 5.74) is 2.30. The van der Waals surface area contributed by atoms with Crippen molar-refractivity contribution in [1.82, 2.24) is 15.2 Å². The number of aromatic amines is 1. The Morgan fingerprint density at radius 1 is 1.00 bits per heavy atom. The van der Waals surface area contributed by atoms with Gasteiger partial charge in [0.2, 0.25) is 5.16 Å². The maximum absolute atomic E-state index is 12.1. The first-order chi connectivity index (χ1) is 19.9. The van der Waals surface area contributed by atoms with Crippen molar-refractivity contribution in [2.45, 2.75) is 18.7 Å². The predicted octanol–water partition coefficient (Wildman–Crippen LogP) is 7.48. The summed E-state index contributed by atoms with van der Waals surface area (Å²) >= 11 is 7.06. The standard InChI is InChI=1S/C31H26ClN3O5S/c1-3-39-27-15-19(11-13-26(27)40-18-21-9-6-8-20-7-4-5-10-23(20)21)16-28(30(36)37)41-31-33-29(34-35-31)24-17-22(32)12-14-25(24)38-2/h4-17H,3,18H2,1-2H3,(H,36,37)(H,33,34,35)/b28-16-. The average molecular weight is 588 g/mol.